The zero-order chi connectivity index (χ0) is 49.2. The van der Waals surface area contributed by atoms with Crippen LogP contribution in [0.3, 0.4) is 0 Å². The Labute approximate surface area is 409 Å². The highest BCUT2D eigenvalue weighted by atomic mass is 32.2. The Bertz CT molecular complexity index is 1920. The molecule has 382 valence electrons. The predicted molar refractivity (Wildman–Crippen MR) is 258 cm³/mol. The number of unbranched alkanes of at least 4 members (excludes halogenated alkanes) is 1. The van der Waals surface area contributed by atoms with Crippen molar-refractivity contribution in [3.8, 4) is 5.75 Å². The molecule has 6 atom stereocenters. The molecule has 5 rings (SSSR count). The summed E-state index contributed by atoms with van der Waals surface area (Å²) in [7, 11) is 1.89. The summed E-state index contributed by atoms with van der Waals surface area (Å²) in [6, 6.07) is 5.66. The van der Waals surface area contributed by atoms with Gasteiger partial charge in [0.15, 0.2) is 11.6 Å². The lowest BCUT2D eigenvalue weighted by Crippen LogP contribution is -2.50. The molecule has 19 nitrogen and oxygen atoms in total. The van der Waals surface area contributed by atoms with Crippen LogP contribution in [0.2, 0.25) is 0 Å². The number of likely N-dealkylation sites (tertiary alicyclic amines) is 1. The number of fused-ring (bicyclic) bond motifs is 1. The number of Topliss-reactive ketones (excluding diaryl/α,β-unsaturated/α-hetero) is 4. The number of urea groups is 1. The first-order valence-corrected chi connectivity index (χ1v) is 25.6. The summed E-state index contributed by atoms with van der Waals surface area (Å²) in [4.78, 5) is 98.1. The highest BCUT2D eigenvalue weighted by Gasteiger charge is 2.42. The highest BCUT2D eigenvalue weighted by molar-refractivity contribution is 8.00. The number of likely N-dealkylation sites (N-methyl/N-ethyl adjacent to an activating group) is 1. The van der Waals surface area contributed by atoms with E-state index >= 15 is 0 Å². The number of ether oxygens (including phenoxy) is 4. The summed E-state index contributed by atoms with van der Waals surface area (Å²) in [5, 5.41) is 21.9. The van der Waals surface area contributed by atoms with Crippen molar-refractivity contribution in [3.63, 3.8) is 0 Å². The molecule has 0 unspecified atom stereocenters. The van der Waals surface area contributed by atoms with Crippen LogP contribution in [0.4, 0.5) is 4.79 Å². The molecule has 3 aliphatic heterocycles. The molecule has 69 heavy (non-hydrogen) atoms. The van der Waals surface area contributed by atoms with Crippen molar-refractivity contribution in [2.45, 2.75) is 126 Å². The standard InChI is InChI=1S/C49H73N7O12S/c1-56-19-5-11-42(56)48(63)53-40(28-36-29-50-33-52-36)44(61)27-35(26-34-14-16-38(58)17-15-34)43(60)12-4-18-51-46(62)31-68-25-23-66-21-7-10-39(59)30-67-24-22-65-20-6-9-37(57)8-2-3-13-45-47-41(32-69-45)54-49(64)55-47/h14-17,29,33,35,40-42,45,47,58H,2-13,18-28,30-32H2,1H3,(H,50,52)(H,51,62)(H,53,63)(H2,54,55,64)/t35-,40+,41+,42+,45+,47+/m1/s1. The lowest BCUT2D eigenvalue weighted by atomic mass is 9.86. The number of H-pyrrole nitrogens is 1. The highest BCUT2D eigenvalue weighted by Crippen LogP contribution is 2.33. The third kappa shape index (κ3) is 20.6. The monoisotopic (exact) mass is 984 g/mol. The van der Waals surface area contributed by atoms with E-state index in [9.17, 15) is 38.7 Å². The molecule has 1 aromatic heterocycles. The summed E-state index contributed by atoms with van der Waals surface area (Å²) in [6.45, 7) is 2.72. The molecule has 4 amide bonds. The van der Waals surface area contributed by atoms with E-state index in [0.717, 1.165) is 43.5 Å². The smallest absolute Gasteiger partial charge is 0.315 e. The van der Waals surface area contributed by atoms with E-state index in [0.29, 0.717) is 75.7 Å². The van der Waals surface area contributed by atoms with Gasteiger partial charge >= 0.3 is 6.03 Å². The van der Waals surface area contributed by atoms with Crippen molar-refractivity contribution >= 4 is 52.7 Å². The number of ketones is 4. The largest absolute Gasteiger partial charge is 0.508 e. The number of phenols is 1. The number of phenolic OH excluding ortho intramolecular Hbond substituents is 1. The fourth-order valence-electron chi connectivity index (χ4n) is 8.76. The van der Waals surface area contributed by atoms with Crippen LogP contribution >= 0.6 is 11.8 Å². The van der Waals surface area contributed by atoms with Gasteiger partial charge < -0.3 is 50.3 Å². The minimum Gasteiger partial charge on any atom is -0.508 e. The zero-order valence-electron chi connectivity index (χ0n) is 40.1. The summed E-state index contributed by atoms with van der Waals surface area (Å²) in [5.41, 5.74) is 1.46. The molecule has 4 heterocycles. The fraction of sp³-hybridized carbons (Fsp3) is 0.673. The summed E-state index contributed by atoms with van der Waals surface area (Å²) in [6.07, 6.45) is 10.9. The second-order valence-corrected chi connectivity index (χ2v) is 19.4. The van der Waals surface area contributed by atoms with Gasteiger partial charge in [0.2, 0.25) is 11.8 Å². The van der Waals surface area contributed by atoms with Gasteiger partial charge in [-0.25, -0.2) is 9.78 Å². The molecule has 6 N–H and O–H groups in total. The predicted octanol–water partition coefficient (Wildman–Crippen LogP) is 3.01. The number of nitrogens with one attached hydrogen (secondary N) is 5. The molecule has 3 fully saturated rings. The van der Waals surface area contributed by atoms with Crippen LogP contribution in [0.1, 0.15) is 94.7 Å². The van der Waals surface area contributed by atoms with Crippen LogP contribution in [0, 0.1) is 5.92 Å². The summed E-state index contributed by atoms with van der Waals surface area (Å²) in [5.74, 6) is -0.437. The number of hydrogen-bond donors (Lipinski definition) is 6. The van der Waals surface area contributed by atoms with Gasteiger partial charge in [-0.2, -0.15) is 11.8 Å². The molecule has 2 aromatic rings. The van der Waals surface area contributed by atoms with Gasteiger partial charge in [0, 0.05) is 87.1 Å². The number of amides is 4. The number of nitrogens with zero attached hydrogens (tertiary/aromatic N) is 2. The van der Waals surface area contributed by atoms with Crippen LogP contribution in [0.5, 0.6) is 5.75 Å². The summed E-state index contributed by atoms with van der Waals surface area (Å²) < 4.78 is 21.9. The Morgan fingerprint density at radius 3 is 2.25 bits per heavy atom. The van der Waals surface area contributed by atoms with Gasteiger partial charge in [-0.15, -0.1) is 0 Å². The van der Waals surface area contributed by atoms with E-state index in [4.69, 9.17) is 18.9 Å². The Morgan fingerprint density at radius 1 is 0.826 bits per heavy atom. The lowest BCUT2D eigenvalue weighted by molar-refractivity contribution is -0.132. The van der Waals surface area contributed by atoms with E-state index in [2.05, 4.69) is 31.2 Å². The average Bonchev–Trinajstić information content (AvgIpc) is 4.16. The topological polar surface area (TPSA) is 257 Å². The molecule has 0 radical (unpaired) electrons. The first kappa shape index (κ1) is 55.2. The minimum atomic E-state index is -0.859. The molecule has 3 aliphatic rings. The van der Waals surface area contributed by atoms with E-state index in [1.54, 1.807) is 18.3 Å². The molecule has 0 saturated carbocycles. The quantitative estimate of drug-likeness (QED) is 0.0420. The van der Waals surface area contributed by atoms with Gasteiger partial charge in [-0.05, 0) is 82.7 Å². The Morgan fingerprint density at radius 2 is 1.54 bits per heavy atom. The van der Waals surface area contributed by atoms with Crippen LogP contribution in [-0.2, 0) is 60.6 Å². The zero-order valence-corrected chi connectivity index (χ0v) is 40.9. The number of rotatable bonds is 37. The van der Waals surface area contributed by atoms with Gasteiger partial charge in [0.1, 0.15) is 30.5 Å². The van der Waals surface area contributed by atoms with Crippen molar-refractivity contribution in [2.75, 3.05) is 78.7 Å². The fourth-order valence-corrected chi connectivity index (χ4v) is 10.3. The first-order valence-electron chi connectivity index (χ1n) is 24.6. The van der Waals surface area contributed by atoms with E-state index in [1.807, 2.05) is 23.7 Å². The van der Waals surface area contributed by atoms with Gasteiger partial charge in [-0.1, -0.05) is 18.6 Å². The van der Waals surface area contributed by atoms with Crippen LogP contribution < -0.4 is 21.3 Å². The second-order valence-electron chi connectivity index (χ2n) is 18.1. The van der Waals surface area contributed by atoms with E-state index in [-0.39, 0.29) is 130 Å². The molecular weight excluding hydrogens is 911 g/mol. The molecule has 20 heteroatoms. The lowest BCUT2D eigenvalue weighted by Gasteiger charge is -2.24. The normalized spacial score (nSPS) is 19.6. The number of carbonyl (C=O) groups excluding carboxylic acids is 7. The molecule has 0 spiro atoms. The third-order valence-corrected chi connectivity index (χ3v) is 14.1. The Balaban J connectivity index is 0.847. The van der Waals surface area contributed by atoms with E-state index in [1.165, 1.54) is 18.5 Å². The second kappa shape index (κ2) is 30.8. The number of aromatic amines is 1. The number of thioether (sulfide) groups is 1. The molecule has 0 aliphatic carbocycles. The Hall–Kier alpha value is -4.73. The van der Waals surface area contributed by atoms with Crippen molar-refractivity contribution in [3.05, 3.63) is 48.0 Å². The number of aromatic nitrogens is 2. The molecular formula is C49H73N7O12S. The summed E-state index contributed by atoms with van der Waals surface area (Å²) >= 11 is 1.89. The van der Waals surface area contributed by atoms with Crippen LogP contribution in [0.15, 0.2) is 36.8 Å². The number of imidazole rings is 1. The van der Waals surface area contributed by atoms with Gasteiger partial charge in [0.25, 0.3) is 0 Å². The first-order chi connectivity index (χ1) is 33.4. The molecule has 1 aromatic carbocycles. The number of hydrogen-bond acceptors (Lipinski definition) is 15. The van der Waals surface area contributed by atoms with E-state index < -0.39 is 12.0 Å². The Kier molecular flexibility index (Phi) is 24.6. The SMILES string of the molecule is CN1CCC[C@H]1C(=O)N[C@@H](Cc1cnc[nH]1)C(=O)C[C@@H](Cc1ccc(O)cc1)C(=O)CCCNC(=O)COCCOCCCC(=O)COCCOCCCC(=O)CCCC[C@@H]1SC[C@@H]2NC(=O)N[C@@H]21. The van der Waals surface area contributed by atoms with Crippen LogP contribution in [-0.4, -0.2) is 169 Å². The van der Waals surface area contributed by atoms with Gasteiger partial charge in [-0.3, -0.25) is 33.7 Å². The maximum atomic E-state index is 13.9. The third-order valence-electron chi connectivity index (χ3n) is 12.6. The number of aromatic hydroxyl groups is 1. The van der Waals surface area contributed by atoms with Crippen molar-refractivity contribution in [2.24, 2.45) is 5.92 Å². The minimum absolute atomic E-state index is 0.00875. The van der Waals surface area contributed by atoms with Gasteiger partial charge in [0.05, 0.1) is 56.9 Å². The molecule has 3 saturated heterocycles. The molecule has 0 bridgehead atoms. The maximum Gasteiger partial charge on any atom is 0.315 e. The number of benzene rings is 1. The van der Waals surface area contributed by atoms with Crippen LogP contribution in [0.25, 0.3) is 0 Å². The number of carbonyl (C=O) groups is 7. The van der Waals surface area contributed by atoms with Crippen molar-refractivity contribution < 1.29 is 57.6 Å². The average molecular weight is 984 g/mol. The van der Waals surface area contributed by atoms with Crippen molar-refractivity contribution in [1.29, 1.82) is 0 Å². The maximum absolute atomic E-state index is 13.9. The van der Waals surface area contributed by atoms with Crippen molar-refractivity contribution in [1.82, 2.24) is 36.1 Å².